The molecule has 2 heterocycles. The molecule has 0 aromatic carbocycles. The molecule has 0 spiro atoms. The zero-order chi connectivity index (χ0) is 16.3. The van der Waals surface area contributed by atoms with Gasteiger partial charge in [-0.3, -0.25) is 4.99 Å². The van der Waals surface area contributed by atoms with Gasteiger partial charge in [0.15, 0.2) is 5.96 Å². The predicted octanol–water partition coefficient (Wildman–Crippen LogP) is 2.98. The highest BCUT2D eigenvalue weighted by Gasteiger charge is 2.21. The molecule has 1 N–H and O–H groups in total. The van der Waals surface area contributed by atoms with Crippen molar-refractivity contribution in [2.45, 2.75) is 50.9 Å². The largest absolute Gasteiger partial charge is 0.381 e. The van der Waals surface area contributed by atoms with Gasteiger partial charge in [-0.15, -0.1) is 24.0 Å². The molecule has 2 fully saturated rings. The van der Waals surface area contributed by atoms with Crippen LogP contribution in [0.5, 0.6) is 0 Å². The molecule has 2 rings (SSSR count). The Bertz CT molecular complexity index is 355. The fraction of sp³-hybridized carbons (Fsp3) is 0.941. The molecule has 1 atom stereocenters. The van der Waals surface area contributed by atoms with E-state index >= 15 is 0 Å². The fourth-order valence-corrected chi connectivity index (χ4v) is 4.11. The van der Waals surface area contributed by atoms with Gasteiger partial charge in [0.2, 0.25) is 0 Å². The van der Waals surface area contributed by atoms with E-state index in [1.807, 2.05) is 0 Å². The van der Waals surface area contributed by atoms with Crippen molar-refractivity contribution in [1.82, 2.24) is 10.2 Å². The SMILES string of the molecule is CCNC(=NCCCOC1CCOCC1)N1CCSC(CC)C1.I. The molecule has 0 aromatic heterocycles. The van der Waals surface area contributed by atoms with Crippen LogP contribution in [0.1, 0.15) is 39.5 Å². The second-order valence-corrected chi connectivity index (χ2v) is 7.53. The fourth-order valence-electron chi connectivity index (χ4n) is 2.93. The minimum atomic E-state index is 0. The van der Waals surface area contributed by atoms with Gasteiger partial charge in [0.1, 0.15) is 0 Å². The van der Waals surface area contributed by atoms with Gasteiger partial charge in [-0.1, -0.05) is 6.92 Å². The summed E-state index contributed by atoms with van der Waals surface area (Å²) in [5.74, 6) is 2.28. The van der Waals surface area contributed by atoms with Crippen molar-refractivity contribution in [2.75, 3.05) is 51.8 Å². The normalized spacial score (nSPS) is 23.0. The third kappa shape index (κ3) is 8.10. The number of hydrogen-bond acceptors (Lipinski definition) is 4. The molecule has 5 nitrogen and oxygen atoms in total. The van der Waals surface area contributed by atoms with E-state index in [2.05, 4.69) is 35.8 Å². The Hall–Kier alpha value is 0.270. The molecule has 2 aliphatic heterocycles. The highest BCUT2D eigenvalue weighted by atomic mass is 127. The van der Waals surface area contributed by atoms with Gasteiger partial charge in [0.25, 0.3) is 0 Å². The van der Waals surface area contributed by atoms with Gasteiger partial charge < -0.3 is 19.7 Å². The summed E-state index contributed by atoms with van der Waals surface area (Å²) >= 11 is 2.10. The predicted molar refractivity (Wildman–Crippen MR) is 114 cm³/mol. The van der Waals surface area contributed by atoms with Crippen molar-refractivity contribution >= 4 is 41.7 Å². The maximum absolute atomic E-state index is 5.92. The lowest BCUT2D eigenvalue weighted by Crippen LogP contribution is -2.48. The molecule has 0 saturated carbocycles. The summed E-state index contributed by atoms with van der Waals surface area (Å²) < 4.78 is 11.3. The lowest BCUT2D eigenvalue weighted by atomic mass is 10.1. The molecular weight excluding hydrogens is 437 g/mol. The number of guanidine groups is 1. The summed E-state index contributed by atoms with van der Waals surface area (Å²) in [6.45, 7) is 10.9. The number of thioether (sulfide) groups is 1. The second-order valence-electron chi connectivity index (χ2n) is 6.12. The first kappa shape index (κ1) is 22.3. The van der Waals surface area contributed by atoms with Crippen LogP contribution in [0.2, 0.25) is 0 Å². The number of aliphatic imine (C=N–C) groups is 1. The number of rotatable bonds is 7. The number of halogens is 1. The Balaban J connectivity index is 0.00000288. The first-order valence-corrected chi connectivity index (χ1v) is 10.2. The third-order valence-corrected chi connectivity index (χ3v) is 5.69. The number of nitrogens with one attached hydrogen (secondary N) is 1. The number of nitrogens with zero attached hydrogens (tertiary/aromatic N) is 2. The van der Waals surface area contributed by atoms with E-state index in [1.165, 1.54) is 12.2 Å². The van der Waals surface area contributed by atoms with Crippen LogP contribution in [0, 0.1) is 0 Å². The lowest BCUT2D eigenvalue weighted by Gasteiger charge is -2.34. The molecule has 0 radical (unpaired) electrons. The summed E-state index contributed by atoms with van der Waals surface area (Å²) in [5, 5.41) is 4.19. The zero-order valence-corrected chi connectivity index (χ0v) is 18.3. The third-order valence-electron chi connectivity index (χ3n) is 4.31. The van der Waals surface area contributed by atoms with E-state index in [4.69, 9.17) is 14.5 Å². The topological polar surface area (TPSA) is 46.1 Å². The molecule has 7 heteroatoms. The molecule has 0 aromatic rings. The molecule has 2 saturated heterocycles. The van der Waals surface area contributed by atoms with Crippen molar-refractivity contribution in [2.24, 2.45) is 4.99 Å². The molecular formula is C17H34IN3O2S. The van der Waals surface area contributed by atoms with Crippen molar-refractivity contribution in [3.63, 3.8) is 0 Å². The number of ether oxygens (including phenoxy) is 2. The van der Waals surface area contributed by atoms with Crippen LogP contribution < -0.4 is 5.32 Å². The molecule has 142 valence electrons. The minimum absolute atomic E-state index is 0. The molecule has 24 heavy (non-hydrogen) atoms. The van der Waals surface area contributed by atoms with Crippen LogP contribution in [0.3, 0.4) is 0 Å². The first-order valence-electron chi connectivity index (χ1n) is 9.17. The highest BCUT2D eigenvalue weighted by molar-refractivity contribution is 14.0. The summed E-state index contributed by atoms with van der Waals surface area (Å²) in [5.41, 5.74) is 0. The average molecular weight is 471 g/mol. The van der Waals surface area contributed by atoms with Gasteiger partial charge in [0, 0.05) is 57.0 Å². The van der Waals surface area contributed by atoms with Crippen LogP contribution in [-0.2, 0) is 9.47 Å². The van der Waals surface area contributed by atoms with Crippen molar-refractivity contribution < 1.29 is 9.47 Å². The van der Waals surface area contributed by atoms with Crippen LogP contribution in [-0.4, -0.2) is 74.0 Å². The molecule has 0 bridgehead atoms. The Labute approximate surface area is 168 Å². The van der Waals surface area contributed by atoms with E-state index in [0.717, 1.165) is 76.5 Å². The van der Waals surface area contributed by atoms with Gasteiger partial charge in [-0.2, -0.15) is 11.8 Å². The second kappa shape index (κ2) is 13.5. The maximum Gasteiger partial charge on any atom is 0.193 e. The average Bonchev–Trinajstić information content (AvgIpc) is 2.61. The Kier molecular flexibility index (Phi) is 12.5. The summed E-state index contributed by atoms with van der Waals surface area (Å²) in [6, 6.07) is 0. The molecule has 0 amide bonds. The van der Waals surface area contributed by atoms with Crippen LogP contribution >= 0.6 is 35.7 Å². The monoisotopic (exact) mass is 471 g/mol. The number of hydrogen-bond donors (Lipinski definition) is 1. The standard InChI is InChI=1S/C17H33N3O2S.HI/c1-3-16-14-20(9-13-23-16)17(18-4-2)19-8-5-10-22-15-6-11-21-12-7-15;/h15-16H,3-14H2,1-2H3,(H,18,19);1H. The summed E-state index contributed by atoms with van der Waals surface area (Å²) in [6.07, 6.45) is 4.70. The smallest absolute Gasteiger partial charge is 0.193 e. The van der Waals surface area contributed by atoms with Crippen molar-refractivity contribution in [1.29, 1.82) is 0 Å². The zero-order valence-electron chi connectivity index (χ0n) is 15.2. The maximum atomic E-state index is 5.92. The molecule has 0 aliphatic carbocycles. The van der Waals surface area contributed by atoms with Crippen molar-refractivity contribution in [3.8, 4) is 0 Å². The van der Waals surface area contributed by atoms with Crippen LogP contribution in [0.4, 0.5) is 0 Å². The van der Waals surface area contributed by atoms with Gasteiger partial charge >= 0.3 is 0 Å². The Morgan fingerprint density at radius 3 is 2.83 bits per heavy atom. The summed E-state index contributed by atoms with van der Waals surface area (Å²) in [7, 11) is 0. The van der Waals surface area contributed by atoms with E-state index in [1.54, 1.807) is 0 Å². The summed E-state index contributed by atoms with van der Waals surface area (Å²) in [4.78, 5) is 7.23. The van der Waals surface area contributed by atoms with Gasteiger partial charge in [-0.05, 0) is 32.6 Å². The van der Waals surface area contributed by atoms with Crippen LogP contribution in [0.15, 0.2) is 4.99 Å². The van der Waals surface area contributed by atoms with Gasteiger partial charge in [-0.25, -0.2) is 0 Å². The van der Waals surface area contributed by atoms with E-state index < -0.39 is 0 Å². The lowest BCUT2D eigenvalue weighted by molar-refractivity contribution is -0.0318. The first-order chi connectivity index (χ1) is 11.3. The Morgan fingerprint density at radius 1 is 1.33 bits per heavy atom. The van der Waals surface area contributed by atoms with E-state index in [0.29, 0.717) is 6.10 Å². The Morgan fingerprint density at radius 2 is 2.12 bits per heavy atom. The highest BCUT2D eigenvalue weighted by Crippen LogP contribution is 2.21. The van der Waals surface area contributed by atoms with Gasteiger partial charge in [0.05, 0.1) is 6.10 Å². The molecule has 1 unspecified atom stereocenters. The minimum Gasteiger partial charge on any atom is -0.381 e. The van der Waals surface area contributed by atoms with Crippen LogP contribution in [0.25, 0.3) is 0 Å². The van der Waals surface area contributed by atoms with E-state index in [-0.39, 0.29) is 24.0 Å². The van der Waals surface area contributed by atoms with E-state index in [9.17, 15) is 0 Å². The molecule has 2 aliphatic rings. The quantitative estimate of drug-likeness (QED) is 0.268. The van der Waals surface area contributed by atoms with Crippen molar-refractivity contribution in [3.05, 3.63) is 0 Å².